The van der Waals surface area contributed by atoms with Crippen LogP contribution in [0.15, 0.2) is 12.3 Å². The molecule has 16 heavy (non-hydrogen) atoms. The van der Waals surface area contributed by atoms with Crippen molar-refractivity contribution >= 4 is 17.4 Å². The van der Waals surface area contributed by atoms with Gasteiger partial charge in [-0.1, -0.05) is 32.4 Å². The number of nitrogens with one attached hydrogen (secondary N) is 1. The summed E-state index contributed by atoms with van der Waals surface area (Å²) in [6.45, 7) is 7.32. The second-order valence-corrected chi connectivity index (χ2v) is 5.25. The van der Waals surface area contributed by atoms with Gasteiger partial charge in [-0.3, -0.25) is 0 Å². The lowest BCUT2D eigenvalue weighted by Gasteiger charge is -2.18. The van der Waals surface area contributed by atoms with E-state index in [4.69, 9.17) is 16.9 Å². The van der Waals surface area contributed by atoms with E-state index >= 15 is 0 Å². The van der Waals surface area contributed by atoms with Crippen LogP contribution in [0.1, 0.15) is 32.8 Å². The summed E-state index contributed by atoms with van der Waals surface area (Å²) in [5.74, 6) is 0.588. The number of nitriles is 1. The summed E-state index contributed by atoms with van der Waals surface area (Å²) in [6.07, 6.45) is 2.60. The number of hydrogen-bond donors (Lipinski definition) is 1. The Balaban J connectivity index is 2.65. The van der Waals surface area contributed by atoms with Gasteiger partial charge < -0.3 is 5.32 Å². The van der Waals surface area contributed by atoms with E-state index in [0.717, 1.165) is 13.0 Å². The predicted molar refractivity (Wildman–Crippen MR) is 66.5 cm³/mol. The predicted octanol–water partition coefficient (Wildman–Crippen LogP) is 3.45. The van der Waals surface area contributed by atoms with Crippen molar-refractivity contribution in [2.75, 3.05) is 11.9 Å². The van der Waals surface area contributed by atoms with Crippen molar-refractivity contribution in [1.29, 1.82) is 5.26 Å². The Bertz CT molecular complexity index is 402. The van der Waals surface area contributed by atoms with E-state index in [1.807, 2.05) is 6.07 Å². The van der Waals surface area contributed by atoms with Crippen LogP contribution in [0.4, 0.5) is 5.82 Å². The van der Waals surface area contributed by atoms with E-state index in [1.165, 1.54) is 0 Å². The maximum atomic E-state index is 8.81. The molecule has 1 rings (SSSR count). The number of nitrogens with zero attached hydrogens (tertiary/aromatic N) is 2. The molecule has 1 heterocycles. The number of hydrogen-bond acceptors (Lipinski definition) is 3. The fourth-order valence-electron chi connectivity index (χ4n) is 1.21. The van der Waals surface area contributed by atoms with E-state index in [2.05, 4.69) is 31.1 Å². The molecule has 4 heteroatoms. The summed E-state index contributed by atoms with van der Waals surface area (Å²) in [5.41, 5.74) is 0.724. The second-order valence-electron chi connectivity index (χ2n) is 4.87. The minimum absolute atomic E-state index is 0.270. The number of aromatic nitrogens is 1. The fraction of sp³-hybridized carbons (Fsp3) is 0.500. The van der Waals surface area contributed by atoms with Crippen LogP contribution < -0.4 is 5.32 Å². The molecular formula is C12H16ClN3. The SMILES string of the molecule is CC(C)(C)CCNc1nccc(C#N)c1Cl. The zero-order chi connectivity index (χ0) is 12.2. The molecule has 86 valence electrons. The number of pyridine rings is 1. The van der Waals surface area contributed by atoms with Crippen LogP contribution in [0.3, 0.4) is 0 Å². The minimum Gasteiger partial charge on any atom is -0.369 e. The molecule has 0 aliphatic heterocycles. The molecule has 0 aliphatic rings. The maximum absolute atomic E-state index is 8.81. The summed E-state index contributed by atoms with van der Waals surface area (Å²) < 4.78 is 0. The Kier molecular flexibility index (Phi) is 4.14. The molecule has 0 saturated carbocycles. The highest BCUT2D eigenvalue weighted by Gasteiger charge is 2.11. The van der Waals surface area contributed by atoms with Gasteiger partial charge in [0, 0.05) is 12.7 Å². The van der Waals surface area contributed by atoms with Gasteiger partial charge in [-0.25, -0.2) is 4.98 Å². The summed E-state index contributed by atoms with van der Waals surface area (Å²) in [7, 11) is 0. The summed E-state index contributed by atoms with van der Waals surface area (Å²) in [4.78, 5) is 4.11. The molecule has 0 unspecified atom stereocenters. The van der Waals surface area contributed by atoms with Gasteiger partial charge in [0.05, 0.1) is 5.56 Å². The van der Waals surface area contributed by atoms with E-state index in [0.29, 0.717) is 16.4 Å². The Hall–Kier alpha value is -1.27. The summed E-state index contributed by atoms with van der Waals surface area (Å²) in [5, 5.41) is 12.4. The average Bonchev–Trinajstić information content (AvgIpc) is 2.19. The molecule has 0 aromatic carbocycles. The molecule has 3 nitrogen and oxygen atoms in total. The Labute approximate surface area is 101 Å². The molecule has 0 atom stereocenters. The number of rotatable bonds is 3. The molecule has 1 aromatic rings. The normalized spacial score (nSPS) is 10.9. The molecule has 0 saturated heterocycles. The first-order valence-electron chi connectivity index (χ1n) is 5.22. The Morgan fingerprint density at radius 2 is 2.19 bits per heavy atom. The highest BCUT2D eigenvalue weighted by Crippen LogP contribution is 2.24. The molecule has 0 radical (unpaired) electrons. The minimum atomic E-state index is 0.270. The lowest BCUT2D eigenvalue weighted by molar-refractivity contribution is 0.389. The third-order valence-corrected chi connectivity index (χ3v) is 2.56. The van der Waals surface area contributed by atoms with E-state index in [-0.39, 0.29) is 5.41 Å². The lowest BCUT2D eigenvalue weighted by atomic mass is 9.92. The second kappa shape index (κ2) is 5.18. The highest BCUT2D eigenvalue weighted by atomic mass is 35.5. The molecule has 0 aliphatic carbocycles. The monoisotopic (exact) mass is 237 g/mol. The van der Waals surface area contributed by atoms with Crippen LogP contribution in [0.5, 0.6) is 0 Å². The molecule has 0 fully saturated rings. The largest absolute Gasteiger partial charge is 0.369 e. The van der Waals surface area contributed by atoms with Gasteiger partial charge >= 0.3 is 0 Å². The average molecular weight is 238 g/mol. The van der Waals surface area contributed by atoms with Crippen molar-refractivity contribution in [2.45, 2.75) is 27.2 Å². The van der Waals surface area contributed by atoms with Crippen LogP contribution in [-0.2, 0) is 0 Å². The van der Waals surface area contributed by atoms with Crippen molar-refractivity contribution in [1.82, 2.24) is 4.98 Å². The third-order valence-electron chi connectivity index (χ3n) is 2.18. The number of halogens is 1. The highest BCUT2D eigenvalue weighted by molar-refractivity contribution is 6.34. The van der Waals surface area contributed by atoms with Crippen LogP contribution >= 0.6 is 11.6 Å². The maximum Gasteiger partial charge on any atom is 0.146 e. The van der Waals surface area contributed by atoms with Crippen molar-refractivity contribution in [3.05, 3.63) is 22.8 Å². The first-order chi connectivity index (χ1) is 7.44. The van der Waals surface area contributed by atoms with Crippen LogP contribution in [0.2, 0.25) is 5.02 Å². The number of anilines is 1. The van der Waals surface area contributed by atoms with Crippen LogP contribution in [-0.4, -0.2) is 11.5 Å². The van der Waals surface area contributed by atoms with Gasteiger partial charge in [0.2, 0.25) is 0 Å². The smallest absolute Gasteiger partial charge is 0.146 e. The molecule has 0 bridgehead atoms. The molecule has 0 amide bonds. The summed E-state index contributed by atoms with van der Waals surface area (Å²) >= 11 is 6.01. The zero-order valence-corrected chi connectivity index (χ0v) is 10.6. The lowest BCUT2D eigenvalue weighted by Crippen LogP contribution is -2.13. The fourth-order valence-corrected chi connectivity index (χ4v) is 1.43. The van der Waals surface area contributed by atoms with Gasteiger partial charge in [-0.15, -0.1) is 0 Å². The Morgan fingerprint density at radius 1 is 1.50 bits per heavy atom. The van der Waals surface area contributed by atoms with E-state index < -0.39 is 0 Å². The van der Waals surface area contributed by atoms with Crippen molar-refractivity contribution in [2.24, 2.45) is 5.41 Å². The van der Waals surface area contributed by atoms with Crippen LogP contribution in [0.25, 0.3) is 0 Å². The quantitative estimate of drug-likeness (QED) is 0.876. The molecule has 0 spiro atoms. The molecule has 1 aromatic heterocycles. The van der Waals surface area contributed by atoms with Gasteiger partial charge in [-0.05, 0) is 17.9 Å². The first kappa shape index (κ1) is 12.8. The van der Waals surface area contributed by atoms with Crippen LogP contribution in [0, 0.1) is 16.7 Å². The van der Waals surface area contributed by atoms with Gasteiger partial charge in [-0.2, -0.15) is 5.26 Å². The van der Waals surface area contributed by atoms with Crippen molar-refractivity contribution in [3.8, 4) is 6.07 Å². The van der Waals surface area contributed by atoms with Crippen molar-refractivity contribution < 1.29 is 0 Å². The first-order valence-corrected chi connectivity index (χ1v) is 5.60. The van der Waals surface area contributed by atoms with Gasteiger partial charge in [0.1, 0.15) is 16.9 Å². The third kappa shape index (κ3) is 3.71. The zero-order valence-electron chi connectivity index (χ0n) is 9.84. The van der Waals surface area contributed by atoms with Gasteiger partial charge in [0.25, 0.3) is 0 Å². The summed E-state index contributed by atoms with van der Waals surface area (Å²) in [6, 6.07) is 3.64. The van der Waals surface area contributed by atoms with E-state index in [9.17, 15) is 0 Å². The standard InChI is InChI=1S/C12H16ClN3/c1-12(2,3)5-7-16-11-10(13)9(8-14)4-6-15-11/h4,6H,5,7H2,1-3H3,(H,15,16). The topological polar surface area (TPSA) is 48.7 Å². The van der Waals surface area contributed by atoms with Crippen molar-refractivity contribution in [3.63, 3.8) is 0 Å². The Morgan fingerprint density at radius 3 is 2.75 bits per heavy atom. The van der Waals surface area contributed by atoms with E-state index in [1.54, 1.807) is 12.3 Å². The molecular weight excluding hydrogens is 222 g/mol. The van der Waals surface area contributed by atoms with Gasteiger partial charge in [0.15, 0.2) is 0 Å². The molecule has 1 N–H and O–H groups in total.